The summed E-state index contributed by atoms with van der Waals surface area (Å²) in [5.41, 5.74) is 3.09. The molecule has 0 radical (unpaired) electrons. The van der Waals surface area contributed by atoms with Crippen LogP contribution in [-0.4, -0.2) is 31.1 Å². The molecule has 0 spiro atoms. The van der Waals surface area contributed by atoms with Crippen molar-refractivity contribution >= 4 is 35.1 Å². The highest BCUT2D eigenvalue weighted by atomic mass is 32.2. The van der Waals surface area contributed by atoms with Crippen molar-refractivity contribution in [3.8, 4) is 11.5 Å². The highest BCUT2D eigenvalue weighted by molar-refractivity contribution is 8.19. The van der Waals surface area contributed by atoms with Gasteiger partial charge in [-0.05, 0) is 42.3 Å². The van der Waals surface area contributed by atoms with Gasteiger partial charge in [0.1, 0.15) is 0 Å². The third-order valence-electron chi connectivity index (χ3n) is 3.74. The third kappa shape index (κ3) is 4.86. The Morgan fingerprint density at radius 3 is 2.68 bits per heavy atom. The van der Waals surface area contributed by atoms with Crippen molar-refractivity contribution in [1.82, 2.24) is 0 Å². The van der Waals surface area contributed by atoms with Gasteiger partial charge in [0, 0.05) is 17.2 Å². The summed E-state index contributed by atoms with van der Waals surface area (Å²) in [7, 11) is 1.62. The summed E-state index contributed by atoms with van der Waals surface area (Å²) in [4.78, 5) is 12.1. The Kier molecular flexibility index (Phi) is 6.15. The number of benzene rings is 2. The van der Waals surface area contributed by atoms with E-state index in [-0.39, 0.29) is 12.5 Å². The second-order valence-corrected chi connectivity index (χ2v) is 8.41. The highest BCUT2D eigenvalue weighted by Gasteiger charge is 2.20. The Balaban J connectivity index is 1.61. The first-order valence-corrected chi connectivity index (χ1v) is 10.2. The lowest BCUT2D eigenvalue weighted by atomic mass is 10.2. The van der Waals surface area contributed by atoms with Crippen molar-refractivity contribution in [2.24, 2.45) is 0 Å². The molecule has 0 aromatic heterocycles. The third-order valence-corrected chi connectivity index (χ3v) is 6.85. The molecule has 1 saturated heterocycles. The normalized spacial score (nSPS) is 14.3. The summed E-state index contributed by atoms with van der Waals surface area (Å²) in [5.74, 6) is 3.40. The van der Waals surface area contributed by atoms with Gasteiger partial charge < -0.3 is 14.8 Å². The first-order chi connectivity index (χ1) is 12.2. The quantitative estimate of drug-likeness (QED) is 0.805. The molecule has 1 amide bonds. The highest BCUT2D eigenvalue weighted by Crippen LogP contribution is 2.46. The molecular formula is C19H21NO3S2. The summed E-state index contributed by atoms with van der Waals surface area (Å²) >= 11 is 3.89. The van der Waals surface area contributed by atoms with Gasteiger partial charge in [-0.1, -0.05) is 18.2 Å². The number of anilines is 1. The monoisotopic (exact) mass is 375 g/mol. The lowest BCUT2D eigenvalue weighted by Crippen LogP contribution is -2.20. The minimum atomic E-state index is -0.196. The van der Waals surface area contributed by atoms with E-state index >= 15 is 0 Å². The van der Waals surface area contributed by atoms with Gasteiger partial charge >= 0.3 is 0 Å². The Morgan fingerprint density at radius 1 is 1.16 bits per heavy atom. The molecule has 1 aliphatic heterocycles. The predicted octanol–water partition coefficient (Wildman–Crippen LogP) is 4.50. The van der Waals surface area contributed by atoms with Crippen molar-refractivity contribution in [3.05, 3.63) is 53.6 Å². The van der Waals surface area contributed by atoms with E-state index in [1.165, 1.54) is 17.1 Å². The number of amides is 1. The van der Waals surface area contributed by atoms with Gasteiger partial charge in [-0.3, -0.25) is 4.79 Å². The minimum Gasteiger partial charge on any atom is -0.493 e. The lowest BCUT2D eigenvalue weighted by molar-refractivity contribution is -0.118. The van der Waals surface area contributed by atoms with Gasteiger partial charge in [0.25, 0.3) is 5.91 Å². The lowest BCUT2D eigenvalue weighted by Gasteiger charge is -2.14. The predicted molar refractivity (Wildman–Crippen MR) is 106 cm³/mol. The van der Waals surface area contributed by atoms with Crippen LogP contribution >= 0.6 is 23.5 Å². The van der Waals surface area contributed by atoms with Crippen molar-refractivity contribution in [3.63, 3.8) is 0 Å². The minimum absolute atomic E-state index is 0.0590. The number of ether oxygens (including phenoxy) is 2. The van der Waals surface area contributed by atoms with Crippen LogP contribution in [0.1, 0.15) is 15.7 Å². The van der Waals surface area contributed by atoms with Gasteiger partial charge in [-0.2, -0.15) is 0 Å². The molecule has 2 aromatic carbocycles. The topological polar surface area (TPSA) is 47.6 Å². The van der Waals surface area contributed by atoms with Gasteiger partial charge in [0.2, 0.25) is 0 Å². The Labute approximate surface area is 156 Å². The van der Waals surface area contributed by atoms with Gasteiger partial charge in [-0.25, -0.2) is 0 Å². The van der Waals surface area contributed by atoms with E-state index in [1.807, 2.05) is 72.9 Å². The van der Waals surface area contributed by atoms with Crippen molar-refractivity contribution in [2.45, 2.75) is 11.5 Å². The maximum atomic E-state index is 12.1. The zero-order chi connectivity index (χ0) is 17.6. The van der Waals surface area contributed by atoms with Crippen LogP contribution in [0, 0.1) is 6.92 Å². The van der Waals surface area contributed by atoms with Gasteiger partial charge in [0.05, 0.1) is 11.7 Å². The molecule has 1 heterocycles. The smallest absolute Gasteiger partial charge is 0.262 e. The summed E-state index contributed by atoms with van der Waals surface area (Å²) in [6, 6.07) is 13.6. The van der Waals surface area contributed by atoms with Crippen LogP contribution in [0.4, 0.5) is 5.69 Å². The molecule has 4 nitrogen and oxygen atoms in total. The summed E-state index contributed by atoms with van der Waals surface area (Å²) in [6.07, 6.45) is 0. The van der Waals surface area contributed by atoms with Crippen LogP contribution in [0.25, 0.3) is 0 Å². The van der Waals surface area contributed by atoms with Gasteiger partial charge in [0.15, 0.2) is 18.1 Å². The number of methoxy groups -OCH3 is 1. The van der Waals surface area contributed by atoms with Gasteiger partial charge in [-0.15, -0.1) is 23.5 Å². The van der Waals surface area contributed by atoms with Crippen molar-refractivity contribution in [1.29, 1.82) is 0 Å². The summed E-state index contributed by atoms with van der Waals surface area (Å²) in [6.45, 7) is 1.93. The molecule has 0 unspecified atom stereocenters. The molecule has 1 fully saturated rings. The van der Waals surface area contributed by atoms with E-state index in [4.69, 9.17) is 9.47 Å². The fourth-order valence-electron chi connectivity index (χ4n) is 2.56. The molecule has 0 aliphatic carbocycles. The van der Waals surface area contributed by atoms with Crippen LogP contribution in [0.2, 0.25) is 0 Å². The van der Waals surface area contributed by atoms with E-state index in [1.54, 1.807) is 7.11 Å². The number of rotatable bonds is 6. The van der Waals surface area contributed by atoms with Crippen LogP contribution in [0.3, 0.4) is 0 Å². The number of aryl methyl sites for hydroxylation is 1. The van der Waals surface area contributed by atoms with E-state index in [9.17, 15) is 4.79 Å². The summed E-state index contributed by atoms with van der Waals surface area (Å²) < 4.78 is 11.5. The molecule has 25 heavy (non-hydrogen) atoms. The average Bonchev–Trinajstić information content (AvgIpc) is 3.14. The number of carbonyl (C=O) groups excluding carboxylic acids is 1. The number of hydrogen-bond donors (Lipinski definition) is 1. The fraction of sp³-hybridized carbons (Fsp3) is 0.316. The molecular weight excluding hydrogens is 354 g/mol. The number of carbonyl (C=O) groups is 1. The molecule has 1 N–H and O–H groups in total. The molecule has 1 aliphatic rings. The maximum absolute atomic E-state index is 12.1. The second-order valence-electron chi connectivity index (χ2n) is 5.69. The SMILES string of the molecule is COc1cc(C2SCCS2)ccc1OCC(=O)Nc1cccc(C)c1. The molecule has 3 rings (SSSR count). The number of nitrogens with one attached hydrogen (secondary N) is 1. The van der Waals surface area contributed by atoms with Crippen LogP contribution in [0.5, 0.6) is 11.5 Å². The largest absolute Gasteiger partial charge is 0.493 e. The summed E-state index contributed by atoms with van der Waals surface area (Å²) in [5, 5.41) is 2.84. The standard InChI is InChI=1S/C19H21NO3S2/c1-13-4-3-5-15(10-13)20-18(21)12-23-16-7-6-14(11-17(16)22-2)19-24-8-9-25-19/h3-7,10-11,19H,8-9,12H2,1-2H3,(H,20,21). The van der Waals surface area contributed by atoms with Crippen molar-refractivity contribution in [2.75, 3.05) is 30.5 Å². The Hall–Kier alpha value is -1.79. The molecule has 132 valence electrons. The molecule has 0 atom stereocenters. The Morgan fingerprint density at radius 2 is 1.96 bits per heavy atom. The number of hydrogen-bond acceptors (Lipinski definition) is 5. The van der Waals surface area contributed by atoms with Crippen molar-refractivity contribution < 1.29 is 14.3 Å². The number of thioether (sulfide) groups is 2. The van der Waals surface area contributed by atoms with E-state index in [0.717, 1.165) is 11.3 Å². The first-order valence-electron chi connectivity index (χ1n) is 8.06. The fourth-order valence-corrected chi connectivity index (χ4v) is 5.40. The van der Waals surface area contributed by atoms with Crippen LogP contribution in [0.15, 0.2) is 42.5 Å². The molecule has 0 saturated carbocycles. The zero-order valence-electron chi connectivity index (χ0n) is 14.3. The van der Waals surface area contributed by atoms with Crippen LogP contribution in [-0.2, 0) is 4.79 Å². The van der Waals surface area contributed by atoms with E-state index in [0.29, 0.717) is 16.1 Å². The van der Waals surface area contributed by atoms with Crippen LogP contribution < -0.4 is 14.8 Å². The second kappa shape index (κ2) is 8.54. The van der Waals surface area contributed by atoms with E-state index in [2.05, 4.69) is 5.32 Å². The first kappa shape index (κ1) is 18.0. The Bertz CT molecular complexity index is 745. The molecule has 2 aromatic rings. The molecule has 0 bridgehead atoms. The average molecular weight is 376 g/mol. The van der Waals surface area contributed by atoms with E-state index < -0.39 is 0 Å². The maximum Gasteiger partial charge on any atom is 0.262 e. The molecule has 6 heteroatoms. The zero-order valence-corrected chi connectivity index (χ0v) is 15.9.